The van der Waals surface area contributed by atoms with Gasteiger partial charge in [0, 0.05) is 10.9 Å². The highest BCUT2D eigenvalue weighted by Gasteiger charge is 2.08. The number of benzene rings is 1. The molecule has 1 aromatic carbocycles. The molecule has 0 aliphatic heterocycles. The highest BCUT2D eigenvalue weighted by Crippen LogP contribution is 2.22. The van der Waals surface area contributed by atoms with Crippen LogP contribution in [-0.4, -0.2) is 6.26 Å². The van der Waals surface area contributed by atoms with Crippen molar-refractivity contribution in [3.8, 4) is 0 Å². The summed E-state index contributed by atoms with van der Waals surface area (Å²) in [5, 5.41) is 0. The topological polar surface area (TPSA) is 38.0 Å². The molecule has 96 valence electrons. The fourth-order valence-corrected chi connectivity index (χ4v) is 2.37. The number of unbranched alkanes of at least 4 members (excludes halogenated alkanes) is 3. The van der Waals surface area contributed by atoms with E-state index in [0.717, 1.165) is 6.42 Å². The van der Waals surface area contributed by atoms with Gasteiger partial charge >= 0.3 is 0 Å². The Morgan fingerprint density at radius 2 is 1.88 bits per heavy atom. The summed E-state index contributed by atoms with van der Waals surface area (Å²) in [6.07, 6.45) is 8.37. The summed E-state index contributed by atoms with van der Waals surface area (Å²) in [5.41, 5.74) is 4.22. The molecule has 0 bridgehead atoms. The molecule has 17 heavy (non-hydrogen) atoms. The summed E-state index contributed by atoms with van der Waals surface area (Å²) in [6.45, 7) is 2.24. The first-order chi connectivity index (χ1) is 8.31. The van der Waals surface area contributed by atoms with E-state index in [4.69, 9.17) is 5.84 Å². The van der Waals surface area contributed by atoms with Crippen LogP contribution in [0, 0.1) is 0 Å². The van der Waals surface area contributed by atoms with Crippen molar-refractivity contribution >= 4 is 11.8 Å². The molecular formula is C14H24N2S. The normalized spacial score (nSPS) is 12.6. The van der Waals surface area contributed by atoms with Crippen LogP contribution in [0.1, 0.15) is 50.6 Å². The first kappa shape index (κ1) is 14.6. The number of nitrogens with two attached hydrogens (primary N) is 1. The van der Waals surface area contributed by atoms with Crippen LogP contribution in [0.25, 0.3) is 0 Å². The summed E-state index contributed by atoms with van der Waals surface area (Å²) in [7, 11) is 0. The minimum Gasteiger partial charge on any atom is -0.271 e. The van der Waals surface area contributed by atoms with Gasteiger partial charge in [-0.3, -0.25) is 11.3 Å². The number of thioether (sulfide) groups is 1. The number of nitrogens with one attached hydrogen (secondary N) is 1. The first-order valence-electron chi connectivity index (χ1n) is 6.42. The Kier molecular flexibility index (Phi) is 7.33. The van der Waals surface area contributed by atoms with Gasteiger partial charge in [0.1, 0.15) is 0 Å². The van der Waals surface area contributed by atoms with Crippen LogP contribution in [0.4, 0.5) is 0 Å². The third kappa shape index (κ3) is 5.11. The highest BCUT2D eigenvalue weighted by molar-refractivity contribution is 7.98. The maximum absolute atomic E-state index is 5.63. The van der Waals surface area contributed by atoms with Gasteiger partial charge in [0.25, 0.3) is 0 Å². The lowest BCUT2D eigenvalue weighted by Gasteiger charge is -2.16. The Bertz CT molecular complexity index is 298. The fourth-order valence-electron chi connectivity index (χ4n) is 1.96. The SMILES string of the molecule is CCCCCCC(NN)c1ccc(SC)cc1. The molecule has 3 N–H and O–H groups in total. The molecule has 0 amide bonds. The van der Waals surface area contributed by atoms with Crippen LogP contribution in [0.2, 0.25) is 0 Å². The second-order valence-corrected chi connectivity index (χ2v) is 5.22. The minimum atomic E-state index is 0.294. The van der Waals surface area contributed by atoms with Gasteiger partial charge in [-0.1, -0.05) is 44.7 Å². The maximum atomic E-state index is 5.63. The van der Waals surface area contributed by atoms with Crippen LogP contribution in [0.15, 0.2) is 29.2 Å². The maximum Gasteiger partial charge on any atom is 0.0460 e. The number of hydrazine groups is 1. The van der Waals surface area contributed by atoms with Gasteiger partial charge in [-0.15, -0.1) is 11.8 Å². The molecule has 1 unspecified atom stereocenters. The van der Waals surface area contributed by atoms with Gasteiger partial charge in [0.2, 0.25) is 0 Å². The van der Waals surface area contributed by atoms with Crippen molar-refractivity contribution in [1.29, 1.82) is 0 Å². The third-order valence-electron chi connectivity index (χ3n) is 3.07. The van der Waals surface area contributed by atoms with Crippen molar-refractivity contribution in [1.82, 2.24) is 5.43 Å². The summed E-state index contributed by atoms with van der Waals surface area (Å²) >= 11 is 1.77. The van der Waals surface area contributed by atoms with Crippen LogP contribution < -0.4 is 11.3 Å². The molecule has 2 nitrogen and oxygen atoms in total. The molecular weight excluding hydrogens is 228 g/mol. The Morgan fingerprint density at radius 3 is 2.41 bits per heavy atom. The van der Waals surface area contributed by atoms with Crippen LogP contribution in [-0.2, 0) is 0 Å². The second-order valence-electron chi connectivity index (χ2n) is 4.34. The van der Waals surface area contributed by atoms with Gasteiger partial charge < -0.3 is 0 Å². The van der Waals surface area contributed by atoms with Gasteiger partial charge in [-0.25, -0.2) is 0 Å². The van der Waals surface area contributed by atoms with Crippen LogP contribution in [0.3, 0.4) is 0 Å². The Morgan fingerprint density at radius 1 is 1.18 bits per heavy atom. The highest BCUT2D eigenvalue weighted by atomic mass is 32.2. The molecule has 0 spiro atoms. The lowest BCUT2D eigenvalue weighted by atomic mass is 10.0. The molecule has 0 aliphatic carbocycles. The molecule has 0 heterocycles. The Labute approximate surface area is 109 Å². The van der Waals surface area contributed by atoms with Crippen molar-refractivity contribution in [3.05, 3.63) is 29.8 Å². The Hall–Kier alpha value is -0.510. The number of hydrogen-bond donors (Lipinski definition) is 2. The first-order valence-corrected chi connectivity index (χ1v) is 7.64. The van der Waals surface area contributed by atoms with Gasteiger partial charge in [-0.05, 0) is 30.4 Å². The number of hydrogen-bond acceptors (Lipinski definition) is 3. The molecule has 3 heteroatoms. The van der Waals surface area contributed by atoms with E-state index in [1.165, 1.54) is 36.1 Å². The largest absolute Gasteiger partial charge is 0.271 e. The molecule has 1 rings (SSSR count). The van der Waals surface area contributed by atoms with E-state index in [0.29, 0.717) is 6.04 Å². The molecule has 0 radical (unpaired) electrons. The predicted molar refractivity (Wildman–Crippen MR) is 77.0 cm³/mol. The van der Waals surface area contributed by atoms with E-state index in [-0.39, 0.29) is 0 Å². The molecule has 1 aromatic rings. The fraction of sp³-hybridized carbons (Fsp3) is 0.571. The molecule has 1 atom stereocenters. The zero-order chi connectivity index (χ0) is 12.5. The van der Waals surface area contributed by atoms with Crippen molar-refractivity contribution in [3.63, 3.8) is 0 Å². The van der Waals surface area contributed by atoms with E-state index in [1.54, 1.807) is 11.8 Å². The van der Waals surface area contributed by atoms with E-state index in [1.807, 2.05) is 0 Å². The smallest absolute Gasteiger partial charge is 0.0460 e. The van der Waals surface area contributed by atoms with Crippen molar-refractivity contribution < 1.29 is 0 Å². The lowest BCUT2D eigenvalue weighted by Crippen LogP contribution is -2.27. The molecule has 0 saturated heterocycles. The van der Waals surface area contributed by atoms with E-state index < -0.39 is 0 Å². The average molecular weight is 252 g/mol. The Balaban J connectivity index is 2.47. The summed E-state index contributed by atoms with van der Waals surface area (Å²) in [6, 6.07) is 8.97. The summed E-state index contributed by atoms with van der Waals surface area (Å²) in [5.74, 6) is 5.63. The zero-order valence-electron chi connectivity index (χ0n) is 10.9. The predicted octanol–water partition coefficient (Wildman–Crippen LogP) is 3.88. The van der Waals surface area contributed by atoms with E-state index in [9.17, 15) is 0 Å². The summed E-state index contributed by atoms with van der Waals surface area (Å²) < 4.78 is 0. The van der Waals surface area contributed by atoms with Gasteiger partial charge in [0.05, 0.1) is 0 Å². The third-order valence-corrected chi connectivity index (χ3v) is 3.81. The van der Waals surface area contributed by atoms with Crippen molar-refractivity contribution in [2.75, 3.05) is 6.26 Å². The standard InChI is InChI=1S/C14H24N2S/c1-3-4-5-6-7-14(16-15)12-8-10-13(17-2)11-9-12/h8-11,14,16H,3-7,15H2,1-2H3. The monoisotopic (exact) mass is 252 g/mol. The average Bonchev–Trinajstić information content (AvgIpc) is 2.39. The quantitative estimate of drug-likeness (QED) is 0.319. The van der Waals surface area contributed by atoms with Crippen LogP contribution >= 0.6 is 11.8 Å². The van der Waals surface area contributed by atoms with E-state index >= 15 is 0 Å². The molecule has 0 fully saturated rings. The zero-order valence-corrected chi connectivity index (χ0v) is 11.7. The second kappa shape index (κ2) is 8.56. The molecule has 0 aliphatic rings. The van der Waals surface area contributed by atoms with Gasteiger partial charge in [0.15, 0.2) is 0 Å². The van der Waals surface area contributed by atoms with Crippen molar-refractivity contribution in [2.24, 2.45) is 5.84 Å². The minimum absolute atomic E-state index is 0.294. The van der Waals surface area contributed by atoms with E-state index in [2.05, 4.69) is 42.9 Å². The number of rotatable bonds is 8. The van der Waals surface area contributed by atoms with Gasteiger partial charge in [-0.2, -0.15) is 0 Å². The molecule has 0 saturated carbocycles. The lowest BCUT2D eigenvalue weighted by molar-refractivity contribution is 0.482. The summed E-state index contributed by atoms with van der Waals surface area (Å²) in [4.78, 5) is 1.30. The van der Waals surface area contributed by atoms with Crippen molar-refractivity contribution in [2.45, 2.75) is 50.0 Å². The van der Waals surface area contributed by atoms with Crippen LogP contribution in [0.5, 0.6) is 0 Å². The molecule has 0 aromatic heterocycles.